The van der Waals surface area contributed by atoms with Crippen molar-refractivity contribution in [2.75, 3.05) is 40.4 Å². The lowest BCUT2D eigenvalue weighted by atomic mass is 9.97. The lowest BCUT2D eigenvalue weighted by Crippen LogP contribution is -2.45. The zero-order valence-electron chi connectivity index (χ0n) is 13.5. The van der Waals surface area contributed by atoms with Gasteiger partial charge in [-0.3, -0.25) is 4.90 Å². The molecule has 0 saturated carbocycles. The van der Waals surface area contributed by atoms with Gasteiger partial charge in [0.1, 0.15) is 0 Å². The molecule has 0 bridgehead atoms. The normalized spacial score (nSPS) is 17.5. The van der Waals surface area contributed by atoms with E-state index in [0.717, 1.165) is 37.7 Å². The number of benzene rings is 1. The second-order valence-electron chi connectivity index (χ2n) is 5.53. The van der Waals surface area contributed by atoms with Crippen molar-refractivity contribution in [2.24, 2.45) is 0 Å². The fourth-order valence-electron chi connectivity index (χ4n) is 3.10. The van der Waals surface area contributed by atoms with Gasteiger partial charge in [0, 0.05) is 37.8 Å². The Bertz CT molecular complexity index is 431. The maximum Gasteiger partial charge on any atom is 0.165 e. The van der Waals surface area contributed by atoms with E-state index >= 15 is 0 Å². The minimum absolute atomic E-state index is 0.414. The van der Waals surface area contributed by atoms with Gasteiger partial charge in [0.05, 0.1) is 14.2 Å². The van der Waals surface area contributed by atoms with E-state index in [9.17, 15) is 0 Å². The summed E-state index contributed by atoms with van der Waals surface area (Å²) in [6.45, 7) is 6.56. The summed E-state index contributed by atoms with van der Waals surface area (Å²) >= 11 is 0. The fourth-order valence-corrected chi connectivity index (χ4v) is 3.10. The first-order chi connectivity index (χ1) is 10.3. The van der Waals surface area contributed by atoms with Gasteiger partial charge >= 0.3 is 0 Å². The Morgan fingerprint density at radius 1 is 1.19 bits per heavy atom. The second-order valence-corrected chi connectivity index (χ2v) is 5.53. The maximum atomic E-state index is 5.65. The van der Waals surface area contributed by atoms with Crippen LogP contribution in [0, 0.1) is 0 Å². The monoisotopic (exact) mass is 292 g/mol. The van der Waals surface area contributed by atoms with Crippen molar-refractivity contribution in [3.8, 4) is 11.5 Å². The molecule has 1 N–H and O–H groups in total. The molecule has 1 atom stereocenters. The van der Waals surface area contributed by atoms with E-state index in [1.165, 1.54) is 24.8 Å². The molecule has 0 spiro atoms. The lowest BCUT2D eigenvalue weighted by molar-refractivity contribution is 0.160. The van der Waals surface area contributed by atoms with Crippen LogP contribution in [0.3, 0.4) is 0 Å². The standard InChI is InChI=1S/C17H28N2O2/c1-4-5-8-15(19-12-10-18-11-13-19)14-7-6-9-16(20-2)17(14)21-3/h6-7,9,15,18H,4-5,8,10-13H2,1-3H3/t15-/m1/s1. The summed E-state index contributed by atoms with van der Waals surface area (Å²) in [5, 5.41) is 3.43. The highest BCUT2D eigenvalue weighted by Crippen LogP contribution is 2.39. The number of para-hydroxylation sites is 1. The van der Waals surface area contributed by atoms with Gasteiger partial charge in [-0.05, 0) is 12.5 Å². The minimum atomic E-state index is 0.414. The highest BCUT2D eigenvalue weighted by Gasteiger charge is 2.25. The van der Waals surface area contributed by atoms with E-state index in [-0.39, 0.29) is 0 Å². The van der Waals surface area contributed by atoms with E-state index in [1.807, 2.05) is 6.07 Å². The summed E-state index contributed by atoms with van der Waals surface area (Å²) in [6, 6.07) is 6.63. The maximum absolute atomic E-state index is 5.65. The zero-order chi connectivity index (χ0) is 15.1. The Morgan fingerprint density at radius 3 is 2.57 bits per heavy atom. The molecule has 0 amide bonds. The van der Waals surface area contributed by atoms with E-state index in [0.29, 0.717) is 6.04 Å². The number of ether oxygens (including phenoxy) is 2. The van der Waals surface area contributed by atoms with Crippen LogP contribution in [0.15, 0.2) is 18.2 Å². The SMILES string of the molecule is CCCC[C@H](c1cccc(OC)c1OC)N1CCNCC1. The van der Waals surface area contributed by atoms with Crippen LogP contribution in [0.4, 0.5) is 0 Å². The second kappa shape index (κ2) is 8.25. The number of rotatable bonds is 7. The van der Waals surface area contributed by atoms with Crippen LogP contribution in [-0.4, -0.2) is 45.3 Å². The van der Waals surface area contributed by atoms with Crippen molar-refractivity contribution in [1.29, 1.82) is 0 Å². The molecule has 1 aliphatic heterocycles. The van der Waals surface area contributed by atoms with Crippen molar-refractivity contribution in [1.82, 2.24) is 10.2 Å². The molecule has 1 fully saturated rings. The lowest BCUT2D eigenvalue weighted by Gasteiger charge is -2.36. The molecule has 0 unspecified atom stereocenters. The van der Waals surface area contributed by atoms with Crippen molar-refractivity contribution in [3.05, 3.63) is 23.8 Å². The van der Waals surface area contributed by atoms with Crippen molar-refractivity contribution in [3.63, 3.8) is 0 Å². The predicted octanol–water partition coefficient (Wildman–Crippen LogP) is 2.84. The Morgan fingerprint density at radius 2 is 1.95 bits per heavy atom. The number of hydrogen-bond acceptors (Lipinski definition) is 4. The summed E-state index contributed by atoms with van der Waals surface area (Å²) in [6.07, 6.45) is 3.61. The van der Waals surface area contributed by atoms with Gasteiger partial charge in [0.15, 0.2) is 11.5 Å². The molecule has 1 aliphatic rings. The summed E-state index contributed by atoms with van der Waals surface area (Å²) in [5.41, 5.74) is 1.26. The molecule has 1 aromatic rings. The summed E-state index contributed by atoms with van der Waals surface area (Å²) in [5.74, 6) is 1.71. The highest BCUT2D eigenvalue weighted by atomic mass is 16.5. The third-order valence-corrected chi connectivity index (χ3v) is 4.22. The van der Waals surface area contributed by atoms with Crippen LogP contribution < -0.4 is 14.8 Å². The zero-order valence-corrected chi connectivity index (χ0v) is 13.5. The molecule has 2 rings (SSSR count). The van der Waals surface area contributed by atoms with E-state index in [1.54, 1.807) is 14.2 Å². The van der Waals surface area contributed by atoms with Gasteiger partial charge in [-0.1, -0.05) is 31.9 Å². The summed E-state index contributed by atoms with van der Waals surface area (Å²) < 4.78 is 11.1. The number of hydrogen-bond donors (Lipinski definition) is 1. The first-order valence-corrected chi connectivity index (χ1v) is 7.97. The molecule has 21 heavy (non-hydrogen) atoms. The van der Waals surface area contributed by atoms with Crippen LogP contribution in [-0.2, 0) is 0 Å². The highest BCUT2D eigenvalue weighted by molar-refractivity contribution is 5.48. The van der Waals surface area contributed by atoms with Gasteiger partial charge in [0.2, 0.25) is 0 Å². The van der Waals surface area contributed by atoms with Gasteiger partial charge in [-0.15, -0.1) is 0 Å². The number of nitrogens with one attached hydrogen (secondary N) is 1. The van der Waals surface area contributed by atoms with Crippen LogP contribution in [0.5, 0.6) is 11.5 Å². The smallest absolute Gasteiger partial charge is 0.165 e. The molecular formula is C17H28N2O2. The van der Waals surface area contributed by atoms with Gasteiger partial charge in [-0.2, -0.15) is 0 Å². The van der Waals surface area contributed by atoms with Gasteiger partial charge in [0.25, 0.3) is 0 Å². The van der Waals surface area contributed by atoms with Crippen molar-refractivity contribution in [2.45, 2.75) is 32.2 Å². The Kier molecular flexibility index (Phi) is 6.33. The molecule has 118 valence electrons. The predicted molar refractivity (Wildman–Crippen MR) is 86.3 cm³/mol. The minimum Gasteiger partial charge on any atom is -0.493 e. The molecule has 4 nitrogen and oxygen atoms in total. The van der Waals surface area contributed by atoms with Gasteiger partial charge < -0.3 is 14.8 Å². The first kappa shape index (κ1) is 16.1. The molecule has 0 radical (unpaired) electrons. The van der Waals surface area contributed by atoms with Crippen LogP contribution in [0.25, 0.3) is 0 Å². The Balaban J connectivity index is 2.30. The molecule has 0 aliphatic carbocycles. The fraction of sp³-hybridized carbons (Fsp3) is 0.647. The number of piperazine rings is 1. The van der Waals surface area contributed by atoms with Crippen LogP contribution in [0.1, 0.15) is 37.8 Å². The van der Waals surface area contributed by atoms with E-state index < -0.39 is 0 Å². The topological polar surface area (TPSA) is 33.7 Å². The third-order valence-electron chi connectivity index (χ3n) is 4.22. The van der Waals surface area contributed by atoms with Crippen LogP contribution >= 0.6 is 0 Å². The number of methoxy groups -OCH3 is 2. The van der Waals surface area contributed by atoms with Crippen molar-refractivity contribution >= 4 is 0 Å². The van der Waals surface area contributed by atoms with E-state index in [4.69, 9.17) is 9.47 Å². The Labute approximate surface area is 128 Å². The number of unbranched alkanes of at least 4 members (excludes halogenated alkanes) is 1. The largest absolute Gasteiger partial charge is 0.493 e. The Hall–Kier alpha value is -1.26. The quantitative estimate of drug-likeness (QED) is 0.838. The number of nitrogens with zero attached hydrogens (tertiary/aromatic N) is 1. The average molecular weight is 292 g/mol. The molecule has 1 aromatic carbocycles. The summed E-state index contributed by atoms with van der Waals surface area (Å²) in [7, 11) is 3.43. The van der Waals surface area contributed by atoms with E-state index in [2.05, 4.69) is 29.3 Å². The van der Waals surface area contributed by atoms with Gasteiger partial charge in [-0.25, -0.2) is 0 Å². The molecule has 1 saturated heterocycles. The van der Waals surface area contributed by atoms with Crippen LogP contribution in [0.2, 0.25) is 0 Å². The molecule has 1 heterocycles. The molecule has 0 aromatic heterocycles. The molecular weight excluding hydrogens is 264 g/mol. The third kappa shape index (κ3) is 3.89. The average Bonchev–Trinajstić information content (AvgIpc) is 2.55. The summed E-state index contributed by atoms with van der Waals surface area (Å²) in [4.78, 5) is 2.57. The molecule has 4 heteroatoms. The van der Waals surface area contributed by atoms with Crippen molar-refractivity contribution < 1.29 is 9.47 Å². The first-order valence-electron chi connectivity index (χ1n) is 7.97.